The van der Waals surface area contributed by atoms with Crippen LogP contribution in [0, 0.1) is 0 Å². The molecule has 0 aromatic carbocycles. The molecule has 18 heavy (non-hydrogen) atoms. The average Bonchev–Trinajstić information content (AvgIpc) is 2.24. The molecule has 1 rings (SSSR count). The zero-order chi connectivity index (χ0) is 13.6. The van der Waals surface area contributed by atoms with E-state index in [0.717, 1.165) is 0 Å². The summed E-state index contributed by atoms with van der Waals surface area (Å²) in [7, 11) is 0. The molecule has 0 atom stereocenters. The second-order valence-corrected chi connectivity index (χ2v) is 4.17. The Hall–Kier alpha value is -1.46. The minimum Gasteiger partial charge on any atom is -0.473 e. The second kappa shape index (κ2) is 6.47. The average molecular weight is 262 g/mol. The van der Waals surface area contributed by atoms with Crippen LogP contribution in [0.15, 0.2) is 18.3 Å². The number of ether oxygens (including phenoxy) is 1. The first-order valence-corrected chi connectivity index (χ1v) is 5.81. The Morgan fingerprint density at radius 2 is 2.11 bits per heavy atom. The van der Waals surface area contributed by atoms with Gasteiger partial charge in [0.25, 0.3) is 0 Å². The van der Waals surface area contributed by atoms with Gasteiger partial charge in [-0.05, 0) is 32.4 Å². The first-order chi connectivity index (χ1) is 8.38. The van der Waals surface area contributed by atoms with E-state index in [1.54, 1.807) is 18.3 Å². The van der Waals surface area contributed by atoms with Gasteiger partial charge in [0.15, 0.2) is 0 Å². The van der Waals surface area contributed by atoms with E-state index in [9.17, 15) is 13.2 Å². The van der Waals surface area contributed by atoms with Crippen LogP contribution in [-0.4, -0.2) is 23.8 Å². The Morgan fingerprint density at radius 1 is 1.39 bits per heavy atom. The molecule has 0 aliphatic carbocycles. The van der Waals surface area contributed by atoms with E-state index in [1.807, 2.05) is 13.8 Å². The van der Waals surface area contributed by atoms with E-state index in [2.05, 4.69) is 10.3 Å². The van der Waals surface area contributed by atoms with Gasteiger partial charge in [0.05, 0.1) is 11.8 Å². The van der Waals surface area contributed by atoms with Crippen LogP contribution < -0.4 is 10.1 Å². The monoisotopic (exact) mass is 262 g/mol. The molecule has 0 saturated carbocycles. The lowest BCUT2D eigenvalue weighted by molar-refractivity contribution is -0.134. The Bertz CT molecular complexity index is 367. The zero-order valence-corrected chi connectivity index (χ0v) is 10.4. The molecule has 0 saturated heterocycles. The molecule has 3 nitrogen and oxygen atoms in total. The van der Waals surface area contributed by atoms with Crippen LogP contribution in [0.2, 0.25) is 0 Å². The van der Waals surface area contributed by atoms with Gasteiger partial charge in [-0.2, -0.15) is 13.2 Å². The molecule has 0 spiro atoms. The highest BCUT2D eigenvalue weighted by Gasteiger charge is 2.25. The van der Waals surface area contributed by atoms with Gasteiger partial charge < -0.3 is 10.1 Å². The molecular formula is C12H17F3N2O. The number of nitrogens with one attached hydrogen (secondary N) is 1. The number of halogens is 3. The molecule has 0 radical (unpaired) electrons. The fourth-order valence-electron chi connectivity index (χ4n) is 1.35. The molecule has 1 aromatic rings. The second-order valence-electron chi connectivity index (χ2n) is 4.17. The number of hydrogen-bond acceptors (Lipinski definition) is 3. The van der Waals surface area contributed by atoms with Crippen molar-refractivity contribution in [2.24, 2.45) is 0 Å². The first-order valence-electron chi connectivity index (χ1n) is 5.81. The fourth-order valence-corrected chi connectivity index (χ4v) is 1.35. The number of pyridine rings is 1. The van der Waals surface area contributed by atoms with Crippen molar-refractivity contribution in [3.05, 3.63) is 18.3 Å². The van der Waals surface area contributed by atoms with Gasteiger partial charge in [0, 0.05) is 19.2 Å². The van der Waals surface area contributed by atoms with E-state index in [-0.39, 0.29) is 19.1 Å². The molecule has 1 heterocycles. The summed E-state index contributed by atoms with van der Waals surface area (Å²) >= 11 is 0. The zero-order valence-electron chi connectivity index (χ0n) is 10.4. The molecule has 0 aliphatic heterocycles. The summed E-state index contributed by atoms with van der Waals surface area (Å²) in [5.74, 6) is 0.416. The van der Waals surface area contributed by atoms with Gasteiger partial charge in [-0.1, -0.05) is 0 Å². The third-order valence-corrected chi connectivity index (χ3v) is 2.07. The Kier molecular flexibility index (Phi) is 5.25. The molecule has 102 valence electrons. The third-order valence-electron chi connectivity index (χ3n) is 2.07. The maximum absolute atomic E-state index is 12.0. The maximum atomic E-state index is 12.0. The topological polar surface area (TPSA) is 34.1 Å². The molecular weight excluding hydrogens is 245 g/mol. The standard InChI is InChI=1S/C12H17F3N2O/c1-9(2)18-11-10(5-3-7-17-11)16-8-4-6-12(13,14)15/h3,5,7,9,16H,4,6,8H2,1-2H3. The Labute approximate surface area is 104 Å². The fraction of sp³-hybridized carbons (Fsp3) is 0.583. The van der Waals surface area contributed by atoms with Gasteiger partial charge >= 0.3 is 6.18 Å². The van der Waals surface area contributed by atoms with Crippen LogP contribution >= 0.6 is 0 Å². The molecule has 0 unspecified atom stereocenters. The van der Waals surface area contributed by atoms with Gasteiger partial charge in [0.2, 0.25) is 5.88 Å². The predicted molar refractivity (Wildman–Crippen MR) is 63.8 cm³/mol. The lowest BCUT2D eigenvalue weighted by atomic mass is 10.3. The van der Waals surface area contributed by atoms with Crippen molar-refractivity contribution >= 4 is 5.69 Å². The SMILES string of the molecule is CC(C)Oc1ncccc1NCCCC(F)(F)F. The van der Waals surface area contributed by atoms with Crippen molar-refractivity contribution in [1.29, 1.82) is 0 Å². The third kappa shape index (κ3) is 5.75. The predicted octanol–water partition coefficient (Wildman–Crippen LogP) is 3.62. The lowest BCUT2D eigenvalue weighted by Crippen LogP contribution is -2.13. The minimum absolute atomic E-state index is 0.0273. The van der Waals surface area contributed by atoms with Gasteiger partial charge in [-0.25, -0.2) is 4.98 Å². The summed E-state index contributed by atoms with van der Waals surface area (Å²) in [5, 5.41) is 2.90. The molecule has 6 heteroatoms. The quantitative estimate of drug-likeness (QED) is 0.795. The molecule has 0 aliphatic rings. The molecule has 0 bridgehead atoms. The van der Waals surface area contributed by atoms with Crippen molar-refractivity contribution in [2.45, 2.75) is 39.0 Å². The smallest absolute Gasteiger partial charge is 0.389 e. The number of alkyl halides is 3. The van der Waals surface area contributed by atoms with Crippen LogP contribution in [0.25, 0.3) is 0 Å². The molecule has 0 fully saturated rings. The van der Waals surface area contributed by atoms with Gasteiger partial charge in [-0.15, -0.1) is 0 Å². The molecule has 1 N–H and O–H groups in total. The van der Waals surface area contributed by atoms with Gasteiger partial charge in [0.1, 0.15) is 0 Å². The number of aromatic nitrogens is 1. The molecule has 0 amide bonds. The van der Waals surface area contributed by atoms with E-state index in [4.69, 9.17) is 4.74 Å². The molecule has 1 aromatic heterocycles. The van der Waals surface area contributed by atoms with E-state index in [0.29, 0.717) is 11.6 Å². The number of rotatable bonds is 6. The van der Waals surface area contributed by atoms with Crippen LogP contribution in [0.3, 0.4) is 0 Å². The normalized spacial score (nSPS) is 11.7. The number of hydrogen-bond donors (Lipinski definition) is 1. The van der Waals surface area contributed by atoms with Crippen LogP contribution in [0.1, 0.15) is 26.7 Å². The highest BCUT2D eigenvalue weighted by molar-refractivity contribution is 5.51. The van der Waals surface area contributed by atoms with Crippen molar-refractivity contribution in [1.82, 2.24) is 4.98 Å². The summed E-state index contributed by atoms with van der Waals surface area (Å²) in [6.07, 6.45) is -3.32. The summed E-state index contributed by atoms with van der Waals surface area (Å²) in [6, 6.07) is 3.44. The first kappa shape index (κ1) is 14.6. The van der Waals surface area contributed by atoms with E-state index in [1.165, 1.54) is 0 Å². The van der Waals surface area contributed by atoms with E-state index < -0.39 is 12.6 Å². The Morgan fingerprint density at radius 3 is 2.72 bits per heavy atom. The highest BCUT2D eigenvalue weighted by atomic mass is 19.4. The Balaban J connectivity index is 2.46. The van der Waals surface area contributed by atoms with Crippen LogP contribution in [-0.2, 0) is 0 Å². The lowest BCUT2D eigenvalue weighted by Gasteiger charge is -2.14. The summed E-state index contributed by atoms with van der Waals surface area (Å²) in [6.45, 7) is 3.96. The summed E-state index contributed by atoms with van der Waals surface area (Å²) in [4.78, 5) is 4.04. The minimum atomic E-state index is -4.10. The van der Waals surface area contributed by atoms with Crippen molar-refractivity contribution in [3.8, 4) is 5.88 Å². The van der Waals surface area contributed by atoms with Crippen molar-refractivity contribution in [3.63, 3.8) is 0 Å². The number of anilines is 1. The van der Waals surface area contributed by atoms with Crippen molar-refractivity contribution in [2.75, 3.05) is 11.9 Å². The van der Waals surface area contributed by atoms with Crippen LogP contribution in [0.4, 0.5) is 18.9 Å². The number of nitrogens with zero attached hydrogens (tertiary/aromatic N) is 1. The maximum Gasteiger partial charge on any atom is 0.389 e. The van der Waals surface area contributed by atoms with Crippen molar-refractivity contribution < 1.29 is 17.9 Å². The summed E-state index contributed by atoms with van der Waals surface area (Å²) in [5.41, 5.74) is 0.619. The van der Waals surface area contributed by atoms with Gasteiger partial charge in [-0.3, -0.25) is 0 Å². The summed E-state index contributed by atoms with van der Waals surface area (Å²) < 4.78 is 41.4. The van der Waals surface area contributed by atoms with Crippen LogP contribution in [0.5, 0.6) is 5.88 Å². The largest absolute Gasteiger partial charge is 0.473 e. The highest BCUT2D eigenvalue weighted by Crippen LogP contribution is 2.24. The van der Waals surface area contributed by atoms with E-state index >= 15 is 0 Å².